The third-order valence-electron chi connectivity index (χ3n) is 2.06. The van der Waals surface area contributed by atoms with Crippen molar-refractivity contribution < 1.29 is 4.74 Å². The van der Waals surface area contributed by atoms with Gasteiger partial charge in [-0.05, 0) is 30.9 Å². The molecule has 0 unspecified atom stereocenters. The average Bonchev–Trinajstić information content (AvgIpc) is 2.25. The maximum absolute atomic E-state index is 5.63. The van der Waals surface area contributed by atoms with E-state index in [0.29, 0.717) is 6.61 Å². The van der Waals surface area contributed by atoms with Crippen molar-refractivity contribution in [3.05, 3.63) is 29.8 Å². The minimum absolute atomic E-state index is 0.691. The summed E-state index contributed by atoms with van der Waals surface area (Å²) < 4.78 is 5.63. The van der Waals surface area contributed by atoms with Gasteiger partial charge in [0.1, 0.15) is 5.75 Å². The molecule has 0 bridgehead atoms. The van der Waals surface area contributed by atoms with Crippen LogP contribution >= 0.6 is 11.8 Å². The summed E-state index contributed by atoms with van der Waals surface area (Å²) in [4.78, 5) is 4.15. The van der Waals surface area contributed by atoms with E-state index < -0.39 is 0 Å². The Balaban J connectivity index is 2.38. The zero-order valence-corrected chi connectivity index (χ0v) is 10.3. The number of aryl methyl sites for hydroxylation is 1. The smallest absolute Gasteiger partial charge is 0.119 e. The summed E-state index contributed by atoms with van der Waals surface area (Å²) in [5.41, 5.74) is 1.22. The van der Waals surface area contributed by atoms with Gasteiger partial charge in [-0.2, -0.15) is 0 Å². The Morgan fingerprint density at radius 1 is 1.47 bits per heavy atom. The second-order valence-electron chi connectivity index (χ2n) is 3.24. The molecule has 2 nitrogen and oxygen atoms in total. The van der Waals surface area contributed by atoms with E-state index in [1.165, 1.54) is 5.56 Å². The van der Waals surface area contributed by atoms with Gasteiger partial charge in [-0.3, -0.25) is 4.99 Å². The third-order valence-corrected chi connectivity index (χ3v) is 2.92. The quantitative estimate of drug-likeness (QED) is 0.577. The highest BCUT2D eigenvalue weighted by atomic mass is 32.2. The maximum atomic E-state index is 5.63. The Morgan fingerprint density at radius 3 is 2.87 bits per heavy atom. The molecule has 0 saturated heterocycles. The lowest BCUT2D eigenvalue weighted by Crippen LogP contribution is -2.03. The van der Waals surface area contributed by atoms with Crippen molar-refractivity contribution in [3.63, 3.8) is 0 Å². The van der Waals surface area contributed by atoms with E-state index in [1.807, 2.05) is 31.5 Å². The first-order valence-corrected chi connectivity index (χ1v) is 6.18. The monoisotopic (exact) mass is 223 g/mol. The van der Waals surface area contributed by atoms with E-state index >= 15 is 0 Å². The van der Waals surface area contributed by atoms with Crippen molar-refractivity contribution in [2.24, 2.45) is 4.99 Å². The summed E-state index contributed by atoms with van der Waals surface area (Å²) >= 11 is 1.68. The minimum atomic E-state index is 0.691. The van der Waals surface area contributed by atoms with Crippen molar-refractivity contribution in [2.45, 2.75) is 13.3 Å². The predicted molar refractivity (Wildman–Crippen MR) is 68.2 cm³/mol. The second kappa shape index (κ2) is 6.51. The molecule has 1 aromatic carbocycles. The standard InChI is InChI=1S/C12H17NOS/c1-10-5-4-6-11(9-10)14-8-7-12(13-2)15-3/h4-6,9H,7-8H2,1-3H3. The van der Waals surface area contributed by atoms with Crippen LogP contribution in [0.4, 0.5) is 0 Å². The van der Waals surface area contributed by atoms with Crippen LogP contribution in [0.5, 0.6) is 5.75 Å². The minimum Gasteiger partial charge on any atom is -0.493 e. The summed E-state index contributed by atoms with van der Waals surface area (Å²) in [5, 5.41) is 1.13. The Labute approximate surface area is 95.8 Å². The number of ether oxygens (including phenoxy) is 1. The number of aliphatic imine (C=N–C) groups is 1. The number of rotatable bonds is 4. The van der Waals surface area contributed by atoms with Gasteiger partial charge >= 0.3 is 0 Å². The molecule has 0 aliphatic rings. The van der Waals surface area contributed by atoms with Gasteiger partial charge in [0.05, 0.1) is 11.7 Å². The van der Waals surface area contributed by atoms with Crippen LogP contribution in [0.15, 0.2) is 29.3 Å². The highest BCUT2D eigenvalue weighted by Crippen LogP contribution is 2.13. The molecule has 15 heavy (non-hydrogen) atoms. The fourth-order valence-electron chi connectivity index (χ4n) is 1.27. The van der Waals surface area contributed by atoms with Gasteiger partial charge in [0, 0.05) is 13.5 Å². The molecule has 0 saturated carbocycles. The van der Waals surface area contributed by atoms with Gasteiger partial charge in [0.15, 0.2) is 0 Å². The first-order chi connectivity index (χ1) is 7.26. The summed E-state index contributed by atoms with van der Waals surface area (Å²) in [7, 11) is 1.82. The number of nitrogens with zero attached hydrogens (tertiary/aromatic N) is 1. The fraction of sp³-hybridized carbons (Fsp3) is 0.417. The van der Waals surface area contributed by atoms with Crippen LogP contribution in [0.1, 0.15) is 12.0 Å². The van der Waals surface area contributed by atoms with Crippen LogP contribution in [-0.2, 0) is 0 Å². The second-order valence-corrected chi connectivity index (χ2v) is 4.12. The summed E-state index contributed by atoms with van der Waals surface area (Å²) in [6, 6.07) is 8.10. The van der Waals surface area contributed by atoms with E-state index in [0.717, 1.165) is 17.2 Å². The lowest BCUT2D eigenvalue weighted by atomic mass is 10.2. The van der Waals surface area contributed by atoms with Crippen LogP contribution in [0, 0.1) is 6.92 Å². The zero-order valence-electron chi connectivity index (χ0n) is 9.49. The Hall–Kier alpha value is -0.960. The molecule has 0 heterocycles. The van der Waals surface area contributed by atoms with Gasteiger partial charge < -0.3 is 4.74 Å². The molecule has 1 rings (SSSR count). The summed E-state index contributed by atoms with van der Waals surface area (Å²) in [6.45, 7) is 2.75. The molecule has 0 N–H and O–H groups in total. The van der Waals surface area contributed by atoms with E-state index in [9.17, 15) is 0 Å². The van der Waals surface area contributed by atoms with Gasteiger partial charge in [0.25, 0.3) is 0 Å². The zero-order chi connectivity index (χ0) is 11.1. The van der Waals surface area contributed by atoms with Gasteiger partial charge in [-0.1, -0.05) is 12.1 Å². The van der Waals surface area contributed by atoms with Crippen molar-refractivity contribution >= 4 is 16.8 Å². The lowest BCUT2D eigenvalue weighted by molar-refractivity contribution is 0.329. The highest BCUT2D eigenvalue weighted by molar-refractivity contribution is 8.13. The number of thioether (sulfide) groups is 1. The molecule has 0 aromatic heterocycles. The SMILES string of the molecule is CN=C(CCOc1cccc(C)c1)SC. The largest absolute Gasteiger partial charge is 0.493 e. The van der Waals surface area contributed by atoms with Crippen molar-refractivity contribution in [2.75, 3.05) is 19.9 Å². The molecule has 0 atom stereocenters. The Kier molecular flexibility index (Phi) is 5.26. The molecule has 0 fully saturated rings. The van der Waals surface area contributed by atoms with Crippen molar-refractivity contribution in [1.82, 2.24) is 0 Å². The number of hydrogen-bond acceptors (Lipinski definition) is 3. The Morgan fingerprint density at radius 2 is 2.27 bits per heavy atom. The van der Waals surface area contributed by atoms with Crippen LogP contribution in [0.2, 0.25) is 0 Å². The van der Waals surface area contributed by atoms with Gasteiger partial charge in [-0.15, -0.1) is 11.8 Å². The molecule has 0 amide bonds. The van der Waals surface area contributed by atoms with E-state index in [2.05, 4.69) is 18.0 Å². The molecule has 3 heteroatoms. The van der Waals surface area contributed by atoms with E-state index in [-0.39, 0.29) is 0 Å². The topological polar surface area (TPSA) is 21.6 Å². The van der Waals surface area contributed by atoms with Gasteiger partial charge in [0.2, 0.25) is 0 Å². The Bertz CT molecular complexity index is 336. The first-order valence-electron chi connectivity index (χ1n) is 4.95. The van der Waals surface area contributed by atoms with E-state index in [4.69, 9.17) is 4.74 Å². The fourth-order valence-corrected chi connectivity index (χ4v) is 1.74. The third kappa shape index (κ3) is 4.38. The average molecular weight is 223 g/mol. The normalized spacial score (nSPS) is 11.5. The molecule has 0 aliphatic heterocycles. The molecule has 1 aromatic rings. The molecule has 0 radical (unpaired) electrons. The van der Waals surface area contributed by atoms with Crippen LogP contribution < -0.4 is 4.74 Å². The lowest BCUT2D eigenvalue weighted by Gasteiger charge is -2.06. The molecule has 0 spiro atoms. The van der Waals surface area contributed by atoms with Crippen molar-refractivity contribution in [3.8, 4) is 5.75 Å². The summed E-state index contributed by atoms with van der Waals surface area (Å²) in [5.74, 6) is 0.937. The highest BCUT2D eigenvalue weighted by Gasteiger charge is 1.97. The molecular weight excluding hydrogens is 206 g/mol. The van der Waals surface area contributed by atoms with E-state index in [1.54, 1.807) is 11.8 Å². The number of hydrogen-bond donors (Lipinski definition) is 0. The molecule has 0 aliphatic carbocycles. The number of benzene rings is 1. The maximum Gasteiger partial charge on any atom is 0.119 e. The molecule has 82 valence electrons. The van der Waals surface area contributed by atoms with Crippen LogP contribution in [-0.4, -0.2) is 25.0 Å². The van der Waals surface area contributed by atoms with Crippen LogP contribution in [0.3, 0.4) is 0 Å². The van der Waals surface area contributed by atoms with Gasteiger partial charge in [-0.25, -0.2) is 0 Å². The predicted octanol–water partition coefficient (Wildman–Crippen LogP) is 3.16. The molecular formula is C12H17NOS. The van der Waals surface area contributed by atoms with Crippen LogP contribution in [0.25, 0.3) is 0 Å². The van der Waals surface area contributed by atoms with Crippen molar-refractivity contribution in [1.29, 1.82) is 0 Å². The summed E-state index contributed by atoms with van der Waals surface area (Å²) in [6.07, 6.45) is 2.92. The first kappa shape index (κ1) is 12.1.